The van der Waals surface area contributed by atoms with E-state index in [4.69, 9.17) is 0 Å². The Morgan fingerprint density at radius 2 is 2.40 bits per heavy atom. The fourth-order valence-electron chi connectivity index (χ4n) is 1.38. The number of halogens is 1. The van der Waals surface area contributed by atoms with Crippen molar-refractivity contribution in [1.29, 1.82) is 0 Å². The average molecular weight is 273 g/mol. The molecule has 0 aliphatic rings. The van der Waals surface area contributed by atoms with Crippen molar-refractivity contribution in [3.05, 3.63) is 22.4 Å². The molecule has 0 spiro atoms. The normalized spacial score (nSPS) is 12.5. The number of carbonyl (C=O) groups is 1. The number of rotatable bonds is 5. The lowest BCUT2D eigenvalue weighted by atomic mass is 10.1. The third-order valence-electron chi connectivity index (χ3n) is 2.26. The third kappa shape index (κ3) is 4.08. The Morgan fingerprint density at radius 3 is 2.93 bits per heavy atom. The molecule has 0 bridgehead atoms. The number of aromatic nitrogens is 1. The molecule has 1 heterocycles. The van der Waals surface area contributed by atoms with Gasteiger partial charge in [0.05, 0.1) is 0 Å². The van der Waals surface area contributed by atoms with Gasteiger partial charge in [0.1, 0.15) is 5.69 Å². The Labute approximate surface area is 98.8 Å². The van der Waals surface area contributed by atoms with Gasteiger partial charge < -0.3 is 10.3 Å². The fraction of sp³-hybridized carbons (Fsp3) is 0.545. The summed E-state index contributed by atoms with van der Waals surface area (Å²) in [7, 11) is 0. The number of carbonyl (C=O) groups excluding carboxylic acids is 1. The van der Waals surface area contributed by atoms with Crippen molar-refractivity contribution >= 4 is 21.8 Å². The molecule has 4 heteroatoms. The van der Waals surface area contributed by atoms with Crippen LogP contribution in [0.15, 0.2) is 16.7 Å². The lowest BCUT2D eigenvalue weighted by Crippen LogP contribution is -2.32. The first-order valence-corrected chi connectivity index (χ1v) is 6.07. The summed E-state index contributed by atoms with van der Waals surface area (Å²) in [5.74, 6) is -0.0377. The summed E-state index contributed by atoms with van der Waals surface area (Å²) in [6.07, 6.45) is 5.10. The van der Waals surface area contributed by atoms with E-state index in [0.717, 1.165) is 23.7 Å². The van der Waals surface area contributed by atoms with Crippen LogP contribution in [0.5, 0.6) is 0 Å². The molecular formula is C11H17BrN2O. The zero-order chi connectivity index (χ0) is 11.3. The van der Waals surface area contributed by atoms with Gasteiger partial charge in [-0.15, -0.1) is 0 Å². The van der Waals surface area contributed by atoms with Gasteiger partial charge in [0.15, 0.2) is 0 Å². The van der Waals surface area contributed by atoms with Gasteiger partial charge in [-0.3, -0.25) is 4.79 Å². The van der Waals surface area contributed by atoms with Crippen LogP contribution in [0.25, 0.3) is 0 Å². The van der Waals surface area contributed by atoms with Gasteiger partial charge in [-0.25, -0.2) is 0 Å². The molecule has 0 aliphatic carbocycles. The predicted octanol–water partition coefficient (Wildman–Crippen LogP) is 3.09. The molecular weight excluding hydrogens is 256 g/mol. The molecule has 0 fully saturated rings. The highest BCUT2D eigenvalue weighted by atomic mass is 79.9. The SMILES string of the molecule is CCCCC(C)NC(=O)c1cc(Br)c[nH]1. The van der Waals surface area contributed by atoms with E-state index in [0.29, 0.717) is 5.69 Å². The summed E-state index contributed by atoms with van der Waals surface area (Å²) in [6.45, 7) is 4.18. The molecule has 1 atom stereocenters. The molecule has 1 aromatic heterocycles. The first-order valence-electron chi connectivity index (χ1n) is 5.28. The molecule has 1 rings (SSSR count). The highest BCUT2D eigenvalue weighted by Gasteiger charge is 2.10. The minimum atomic E-state index is -0.0377. The second-order valence-corrected chi connectivity index (χ2v) is 4.66. The van der Waals surface area contributed by atoms with Crippen LogP contribution in [0.1, 0.15) is 43.6 Å². The first kappa shape index (κ1) is 12.3. The summed E-state index contributed by atoms with van der Waals surface area (Å²) in [4.78, 5) is 14.6. The lowest BCUT2D eigenvalue weighted by molar-refractivity contribution is 0.0933. The predicted molar refractivity (Wildman–Crippen MR) is 64.9 cm³/mol. The maximum Gasteiger partial charge on any atom is 0.267 e. The largest absolute Gasteiger partial charge is 0.356 e. The molecule has 0 radical (unpaired) electrons. The minimum Gasteiger partial charge on any atom is -0.356 e. The highest BCUT2D eigenvalue weighted by molar-refractivity contribution is 9.10. The summed E-state index contributed by atoms with van der Waals surface area (Å²) in [5, 5.41) is 2.95. The van der Waals surface area contributed by atoms with E-state index < -0.39 is 0 Å². The van der Waals surface area contributed by atoms with Crippen LogP contribution in [0, 0.1) is 0 Å². The van der Waals surface area contributed by atoms with Gasteiger partial charge in [0, 0.05) is 16.7 Å². The second kappa shape index (κ2) is 5.95. The maximum absolute atomic E-state index is 11.7. The van der Waals surface area contributed by atoms with Crippen molar-refractivity contribution in [2.24, 2.45) is 0 Å². The molecule has 0 aliphatic heterocycles. The smallest absolute Gasteiger partial charge is 0.267 e. The van der Waals surface area contributed by atoms with Crippen LogP contribution in [-0.2, 0) is 0 Å². The van der Waals surface area contributed by atoms with Crippen molar-refractivity contribution in [3.63, 3.8) is 0 Å². The van der Waals surface area contributed by atoms with E-state index in [1.807, 2.05) is 6.92 Å². The Balaban J connectivity index is 2.42. The maximum atomic E-state index is 11.7. The van der Waals surface area contributed by atoms with Gasteiger partial charge in [0.25, 0.3) is 5.91 Å². The molecule has 1 aromatic rings. The Hall–Kier alpha value is -0.770. The number of hydrogen-bond donors (Lipinski definition) is 2. The highest BCUT2D eigenvalue weighted by Crippen LogP contribution is 2.10. The number of amides is 1. The zero-order valence-electron chi connectivity index (χ0n) is 9.14. The molecule has 0 aromatic carbocycles. The molecule has 3 nitrogen and oxygen atoms in total. The van der Waals surface area contributed by atoms with Crippen molar-refractivity contribution in [3.8, 4) is 0 Å². The second-order valence-electron chi connectivity index (χ2n) is 3.75. The average Bonchev–Trinajstić information content (AvgIpc) is 2.61. The lowest BCUT2D eigenvalue weighted by Gasteiger charge is -2.12. The molecule has 15 heavy (non-hydrogen) atoms. The van der Waals surface area contributed by atoms with Gasteiger partial charge in [-0.2, -0.15) is 0 Å². The van der Waals surface area contributed by atoms with Crippen LogP contribution < -0.4 is 5.32 Å². The van der Waals surface area contributed by atoms with E-state index in [1.54, 1.807) is 12.3 Å². The number of aromatic amines is 1. The monoisotopic (exact) mass is 272 g/mol. The Bertz CT molecular complexity index is 322. The quantitative estimate of drug-likeness (QED) is 0.850. The van der Waals surface area contributed by atoms with Crippen molar-refractivity contribution in [1.82, 2.24) is 10.3 Å². The van der Waals surface area contributed by atoms with Crippen LogP contribution >= 0.6 is 15.9 Å². The number of unbranched alkanes of at least 4 members (excludes halogenated alkanes) is 1. The fourth-order valence-corrected chi connectivity index (χ4v) is 1.73. The van der Waals surface area contributed by atoms with Crippen LogP contribution in [0.3, 0.4) is 0 Å². The summed E-state index contributed by atoms with van der Waals surface area (Å²) >= 11 is 3.30. The molecule has 0 saturated carbocycles. The van der Waals surface area contributed by atoms with E-state index in [2.05, 4.69) is 33.2 Å². The van der Waals surface area contributed by atoms with Crippen molar-refractivity contribution in [2.75, 3.05) is 0 Å². The van der Waals surface area contributed by atoms with Crippen LogP contribution in [0.2, 0.25) is 0 Å². The Morgan fingerprint density at radius 1 is 1.67 bits per heavy atom. The molecule has 1 unspecified atom stereocenters. The van der Waals surface area contributed by atoms with Gasteiger partial charge in [-0.05, 0) is 35.3 Å². The minimum absolute atomic E-state index is 0.0377. The molecule has 2 N–H and O–H groups in total. The van der Waals surface area contributed by atoms with Gasteiger partial charge in [-0.1, -0.05) is 19.8 Å². The van der Waals surface area contributed by atoms with Crippen LogP contribution in [-0.4, -0.2) is 16.9 Å². The summed E-state index contributed by atoms with van der Waals surface area (Å²) < 4.78 is 0.897. The summed E-state index contributed by atoms with van der Waals surface area (Å²) in [5.41, 5.74) is 0.602. The van der Waals surface area contributed by atoms with E-state index in [1.165, 1.54) is 0 Å². The number of H-pyrrole nitrogens is 1. The standard InChI is InChI=1S/C11H17BrN2O/c1-3-4-5-8(2)14-11(15)10-6-9(12)7-13-10/h6-8,13H,3-5H2,1-2H3,(H,14,15). The number of nitrogens with one attached hydrogen (secondary N) is 2. The van der Waals surface area contributed by atoms with E-state index in [-0.39, 0.29) is 11.9 Å². The van der Waals surface area contributed by atoms with E-state index >= 15 is 0 Å². The first-order chi connectivity index (χ1) is 7.13. The van der Waals surface area contributed by atoms with E-state index in [9.17, 15) is 4.79 Å². The van der Waals surface area contributed by atoms with Crippen LogP contribution in [0.4, 0.5) is 0 Å². The molecule has 1 amide bonds. The van der Waals surface area contributed by atoms with Crippen molar-refractivity contribution < 1.29 is 4.79 Å². The van der Waals surface area contributed by atoms with Crippen molar-refractivity contribution in [2.45, 2.75) is 39.2 Å². The third-order valence-corrected chi connectivity index (χ3v) is 2.72. The summed E-state index contributed by atoms with van der Waals surface area (Å²) in [6, 6.07) is 2.02. The Kier molecular flexibility index (Phi) is 4.88. The topological polar surface area (TPSA) is 44.9 Å². The van der Waals surface area contributed by atoms with Gasteiger partial charge >= 0.3 is 0 Å². The van der Waals surface area contributed by atoms with Gasteiger partial charge in [0.2, 0.25) is 0 Å². The molecule has 0 saturated heterocycles. The molecule has 84 valence electrons. The number of hydrogen-bond acceptors (Lipinski definition) is 1. The zero-order valence-corrected chi connectivity index (χ0v) is 10.7.